The number of anilines is 1. The predicted molar refractivity (Wildman–Crippen MR) is 106 cm³/mol. The second-order valence-electron chi connectivity index (χ2n) is 6.44. The molecule has 0 spiro atoms. The molecule has 0 saturated carbocycles. The predicted octanol–water partition coefficient (Wildman–Crippen LogP) is 3.67. The number of aromatic hydroxyl groups is 1. The topological polar surface area (TPSA) is 62.7 Å². The Morgan fingerprint density at radius 2 is 1.81 bits per heavy atom. The summed E-state index contributed by atoms with van der Waals surface area (Å²) in [6.07, 6.45) is 3.38. The van der Waals surface area contributed by atoms with Gasteiger partial charge in [0.1, 0.15) is 11.6 Å². The molecule has 136 valence electrons. The summed E-state index contributed by atoms with van der Waals surface area (Å²) in [5.41, 5.74) is 2.37. The standard InChI is InChI=1S/C22H20N2O3/c25-19-8-5-16(6-9-19)21(26)10-7-18-15-17-3-1-2-4-20(17)23-22(18)24-11-13-27-14-12-24/h1-10,15,25H,11-14H2/b10-7+. The van der Waals surface area contributed by atoms with E-state index >= 15 is 0 Å². The number of carbonyl (C=O) groups is 1. The van der Waals surface area contributed by atoms with Gasteiger partial charge in [-0.3, -0.25) is 4.79 Å². The van der Waals surface area contributed by atoms with Gasteiger partial charge < -0.3 is 14.7 Å². The molecule has 0 bridgehead atoms. The summed E-state index contributed by atoms with van der Waals surface area (Å²) in [7, 11) is 0. The van der Waals surface area contributed by atoms with Crippen LogP contribution in [0.15, 0.2) is 60.7 Å². The minimum atomic E-state index is -0.115. The number of ketones is 1. The van der Waals surface area contributed by atoms with Gasteiger partial charge in [-0.15, -0.1) is 0 Å². The number of allylic oxidation sites excluding steroid dienone is 1. The van der Waals surface area contributed by atoms with Crippen molar-refractivity contribution < 1.29 is 14.6 Å². The van der Waals surface area contributed by atoms with E-state index in [1.165, 1.54) is 12.1 Å². The molecule has 0 unspecified atom stereocenters. The van der Waals surface area contributed by atoms with Gasteiger partial charge in [0.25, 0.3) is 0 Å². The second-order valence-corrected chi connectivity index (χ2v) is 6.44. The van der Waals surface area contributed by atoms with Crippen molar-refractivity contribution in [1.82, 2.24) is 4.98 Å². The first-order chi connectivity index (χ1) is 13.2. The van der Waals surface area contributed by atoms with E-state index in [-0.39, 0.29) is 11.5 Å². The van der Waals surface area contributed by atoms with Crippen LogP contribution in [0, 0.1) is 0 Å². The highest BCUT2D eigenvalue weighted by Gasteiger charge is 2.16. The lowest BCUT2D eigenvalue weighted by Crippen LogP contribution is -2.37. The van der Waals surface area contributed by atoms with Crippen molar-refractivity contribution in [1.29, 1.82) is 0 Å². The van der Waals surface area contributed by atoms with Gasteiger partial charge in [-0.05, 0) is 48.6 Å². The van der Waals surface area contributed by atoms with E-state index in [0.29, 0.717) is 18.8 Å². The van der Waals surface area contributed by atoms with Crippen molar-refractivity contribution in [3.05, 3.63) is 71.8 Å². The van der Waals surface area contributed by atoms with Crippen LogP contribution in [0.2, 0.25) is 0 Å². The molecule has 5 nitrogen and oxygen atoms in total. The van der Waals surface area contributed by atoms with Gasteiger partial charge in [-0.1, -0.05) is 18.2 Å². The molecule has 0 amide bonds. The van der Waals surface area contributed by atoms with E-state index < -0.39 is 0 Å². The molecule has 1 aliphatic heterocycles. The van der Waals surface area contributed by atoms with E-state index in [1.807, 2.05) is 30.3 Å². The summed E-state index contributed by atoms with van der Waals surface area (Å²) in [6.45, 7) is 2.89. The van der Waals surface area contributed by atoms with Crippen LogP contribution in [0.5, 0.6) is 5.75 Å². The zero-order valence-corrected chi connectivity index (χ0v) is 14.8. The third kappa shape index (κ3) is 3.83. The number of pyridine rings is 1. The lowest BCUT2D eigenvalue weighted by atomic mass is 10.1. The maximum atomic E-state index is 12.5. The summed E-state index contributed by atoms with van der Waals surface area (Å²) in [4.78, 5) is 19.5. The summed E-state index contributed by atoms with van der Waals surface area (Å²) < 4.78 is 5.45. The molecule has 0 aliphatic carbocycles. The quantitative estimate of drug-likeness (QED) is 0.568. The molecular weight excluding hydrogens is 340 g/mol. The smallest absolute Gasteiger partial charge is 0.185 e. The number of hydrogen-bond donors (Lipinski definition) is 1. The molecule has 2 aromatic carbocycles. The molecule has 1 fully saturated rings. The van der Waals surface area contributed by atoms with Gasteiger partial charge in [-0.25, -0.2) is 4.98 Å². The van der Waals surface area contributed by atoms with Crippen LogP contribution in [-0.4, -0.2) is 42.2 Å². The van der Waals surface area contributed by atoms with Crippen molar-refractivity contribution in [2.45, 2.75) is 0 Å². The molecule has 4 rings (SSSR count). The Bertz CT molecular complexity index is 990. The van der Waals surface area contributed by atoms with Crippen molar-refractivity contribution >= 4 is 28.6 Å². The average molecular weight is 360 g/mol. The Hall–Kier alpha value is -3.18. The van der Waals surface area contributed by atoms with Gasteiger partial charge in [0.2, 0.25) is 0 Å². The molecule has 1 N–H and O–H groups in total. The summed E-state index contributed by atoms with van der Waals surface area (Å²) in [5, 5.41) is 10.4. The fourth-order valence-corrected chi connectivity index (χ4v) is 3.16. The van der Waals surface area contributed by atoms with Crippen LogP contribution in [0.25, 0.3) is 17.0 Å². The number of carbonyl (C=O) groups excluding carboxylic acids is 1. The van der Waals surface area contributed by atoms with Crippen LogP contribution >= 0.6 is 0 Å². The highest BCUT2D eigenvalue weighted by molar-refractivity contribution is 6.07. The molecule has 3 aromatic rings. The number of phenolic OH excluding ortho intramolecular Hbond substituents is 1. The maximum absolute atomic E-state index is 12.5. The number of morpholine rings is 1. The number of phenols is 1. The van der Waals surface area contributed by atoms with Crippen LogP contribution in [0.1, 0.15) is 15.9 Å². The maximum Gasteiger partial charge on any atom is 0.185 e. The molecule has 1 aliphatic rings. The van der Waals surface area contributed by atoms with Gasteiger partial charge in [0.05, 0.1) is 18.7 Å². The minimum absolute atomic E-state index is 0.115. The van der Waals surface area contributed by atoms with E-state index in [0.717, 1.165) is 35.4 Å². The third-order valence-corrected chi connectivity index (χ3v) is 4.61. The number of ether oxygens (including phenoxy) is 1. The largest absolute Gasteiger partial charge is 0.508 e. The fraction of sp³-hybridized carbons (Fsp3) is 0.182. The Balaban J connectivity index is 1.70. The molecule has 2 heterocycles. The highest BCUT2D eigenvalue weighted by Crippen LogP contribution is 2.26. The van der Waals surface area contributed by atoms with Crippen LogP contribution in [0.3, 0.4) is 0 Å². The highest BCUT2D eigenvalue weighted by atomic mass is 16.5. The Morgan fingerprint density at radius 3 is 2.59 bits per heavy atom. The lowest BCUT2D eigenvalue weighted by Gasteiger charge is -2.29. The first kappa shape index (κ1) is 17.2. The van der Waals surface area contributed by atoms with E-state index in [2.05, 4.69) is 11.0 Å². The Kier molecular flexibility index (Phi) is 4.85. The molecule has 0 radical (unpaired) electrons. The van der Waals surface area contributed by atoms with Gasteiger partial charge in [0.15, 0.2) is 5.78 Å². The SMILES string of the molecule is O=C(/C=C/c1cc2ccccc2nc1N1CCOCC1)c1ccc(O)cc1. The van der Waals surface area contributed by atoms with Crippen LogP contribution < -0.4 is 4.90 Å². The molecular formula is C22H20N2O3. The number of para-hydroxylation sites is 1. The van der Waals surface area contributed by atoms with Gasteiger partial charge >= 0.3 is 0 Å². The van der Waals surface area contributed by atoms with Crippen molar-refractivity contribution in [2.75, 3.05) is 31.2 Å². The Labute approximate surface area is 157 Å². The molecule has 27 heavy (non-hydrogen) atoms. The molecule has 5 heteroatoms. The van der Waals surface area contributed by atoms with Gasteiger partial charge in [0, 0.05) is 29.6 Å². The van der Waals surface area contributed by atoms with Crippen LogP contribution in [-0.2, 0) is 4.74 Å². The summed E-state index contributed by atoms with van der Waals surface area (Å²) >= 11 is 0. The minimum Gasteiger partial charge on any atom is -0.508 e. The number of fused-ring (bicyclic) bond motifs is 1. The van der Waals surface area contributed by atoms with E-state index in [9.17, 15) is 9.90 Å². The lowest BCUT2D eigenvalue weighted by molar-refractivity contribution is 0.104. The Morgan fingerprint density at radius 1 is 1.07 bits per heavy atom. The summed E-state index contributed by atoms with van der Waals surface area (Å²) in [6, 6.07) is 16.3. The van der Waals surface area contributed by atoms with Gasteiger partial charge in [-0.2, -0.15) is 0 Å². The monoisotopic (exact) mass is 360 g/mol. The number of nitrogens with zero attached hydrogens (tertiary/aromatic N) is 2. The van der Waals surface area contributed by atoms with Crippen LogP contribution in [0.4, 0.5) is 5.82 Å². The molecule has 1 saturated heterocycles. The average Bonchev–Trinajstić information content (AvgIpc) is 2.72. The number of aromatic nitrogens is 1. The first-order valence-corrected chi connectivity index (χ1v) is 8.95. The van der Waals surface area contributed by atoms with Crippen molar-refractivity contribution in [2.24, 2.45) is 0 Å². The number of rotatable bonds is 4. The summed E-state index contributed by atoms with van der Waals surface area (Å²) in [5.74, 6) is 0.895. The van der Waals surface area contributed by atoms with Crippen molar-refractivity contribution in [3.8, 4) is 5.75 Å². The number of hydrogen-bond acceptors (Lipinski definition) is 5. The fourth-order valence-electron chi connectivity index (χ4n) is 3.16. The van der Waals surface area contributed by atoms with Crippen molar-refractivity contribution in [3.63, 3.8) is 0 Å². The second kappa shape index (κ2) is 7.60. The normalized spacial score (nSPS) is 14.7. The van der Waals surface area contributed by atoms with E-state index in [4.69, 9.17) is 9.72 Å². The van der Waals surface area contributed by atoms with E-state index in [1.54, 1.807) is 18.2 Å². The zero-order chi connectivity index (χ0) is 18.6. The first-order valence-electron chi connectivity index (χ1n) is 8.95. The molecule has 1 aromatic heterocycles. The third-order valence-electron chi connectivity index (χ3n) is 4.61. The zero-order valence-electron chi connectivity index (χ0n) is 14.8. The molecule has 0 atom stereocenters. The number of benzene rings is 2.